The second-order valence-corrected chi connectivity index (χ2v) is 7.94. The number of ether oxygens (including phenoxy) is 2. The van der Waals surface area contributed by atoms with Gasteiger partial charge < -0.3 is 34.3 Å². The fourth-order valence-electron chi connectivity index (χ4n) is 3.84. The maximum absolute atomic E-state index is 13.1. The minimum absolute atomic E-state index is 0.0177. The van der Waals surface area contributed by atoms with Gasteiger partial charge in [0.15, 0.2) is 11.8 Å². The lowest BCUT2D eigenvalue weighted by atomic mass is 9.98. The fraction of sp³-hybridized carbons (Fsp3) is 0.421. The van der Waals surface area contributed by atoms with Crippen LogP contribution in [-0.4, -0.2) is 63.1 Å². The molecule has 3 heterocycles. The molecule has 0 saturated carbocycles. The number of aliphatic hydroxyl groups excluding tert-OH is 3. The number of phenolic OH excluding ortho intramolecular Hbond substituents is 1. The summed E-state index contributed by atoms with van der Waals surface area (Å²) in [6.45, 7) is 1.10. The number of aromatic nitrogens is 1. The smallest absolute Gasteiger partial charge is 0.214 e. The van der Waals surface area contributed by atoms with E-state index in [9.17, 15) is 25.2 Å². The van der Waals surface area contributed by atoms with Crippen LogP contribution in [0, 0.1) is 6.92 Å². The van der Waals surface area contributed by atoms with Gasteiger partial charge in [0.25, 0.3) is 0 Å². The molecule has 1 saturated heterocycles. The highest BCUT2D eigenvalue weighted by atomic mass is 35.5. The Morgan fingerprint density at radius 2 is 1.93 bits per heavy atom. The lowest BCUT2D eigenvalue weighted by molar-refractivity contribution is -0.256. The van der Waals surface area contributed by atoms with Gasteiger partial charge in [-0.1, -0.05) is 23.2 Å². The average Bonchev–Trinajstić information content (AvgIpc) is 3.04. The summed E-state index contributed by atoms with van der Waals surface area (Å²) in [6.07, 6.45) is -6.19. The van der Waals surface area contributed by atoms with E-state index in [1.54, 1.807) is 6.92 Å². The summed E-state index contributed by atoms with van der Waals surface area (Å²) in [6, 6.07) is 2.75. The normalized spacial score (nSPS) is 27.2. The SMILES string of the molecule is COC1C(CO)OC(n2c(Cl)cc3c(=O)c4c(O)c(C)cc(Cl)c4oc32)C(O)C1O. The zero-order chi connectivity index (χ0) is 21.9. The molecule has 4 N–H and O–H groups in total. The predicted molar refractivity (Wildman–Crippen MR) is 108 cm³/mol. The lowest BCUT2D eigenvalue weighted by Crippen LogP contribution is -2.57. The van der Waals surface area contributed by atoms with Gasteiger partial charge in [-0.05, 0) is 24.6 Å². The Morgan fingerprint density at radius 1 is 1.23 bits per heavy atom. The molecule has 4 rings (SSSR count). The summed E-state index contributed by atoms with van der Waals surface area (Å²) >= 11 is 12.6. The summed E-state index contributed by atoms with van der Waals surface area (Å²) in [5.41, 5.74) is -0.316. The van der Waals surface area contributed by atoms with Crippen LogP contribution < -0.4 is 5.43 Å². The molecule has 30 heavy (non-hydrogen) atoms. The number of rotatable bonds is 3. The third-order valence-corrected chi connectivity index (χ3v) is 5.95. The van der Waals surface area contributed by atoms with Crippen molar-refractivity contribution in [3.63, 3.8) is 0 Å². The highest BCUT2D eigenvalue weighted by molar-refractivity contribution is 6.35. The van der Waals surface area contributed by atoms with Crippen LogP contribution in [0.5, 0.6) is 5.75 Å². The Hall–Kier alpha value is -1.85. The van der Waals surface area contributed by atoms with Gasteiger partial charge in [0, 0.05) is 7.11 Å². The Bertz CT molecular complexity index is 1190. The number of aromatic hydroxyl groups is 1. The Kier molecular flexibility index (Phi) is 5.48. The maximum atomic E-state index is 13.1. The van der Waals surface area contributed by atoms with Gasteiger partial charge in [-0.25, -0.2) is 0 Å². The predicted octanol–water partition coefficient (Wildman–Crippen LogP) is 1.70. The van der Waals surface area contributed by atoms with Crippen LogP contribution in [0.1, 0.15) is 11.8 Å². The molecule has 162 valence electrons. The molecule has 1 fully saturated rings. The number of halogens is 2. The van der Waals surface area contributed by atoms with Gasteiger partial charge in [0.1, 0.15) is 40.7 Å². The van der Waals surface area contributed by atoms with Crippen molar-refractivity contribution in [1.29, 1.82) is 0 Å². The average molecular weight is 460 g/mol. The van der Waals surface area contributed by atoms with Crippen LogP contribution >= 0.6 is 23.2 Å². The lowest BCUT2D eigenvalue weighted by Gasteiger charge is -2.42. The Balaban J connectivity index is 1.98. The van der Waals surface area contributed by atoms with E-state index < -0.39 is 42.7 Å². The first kappa shape index (κ1) is 21.4. The molecular weight excluding hydrogens is 441 g/mol. The Morgan fingerprint density at radius 3 is 2.57 bits per heavy atom. The van der Waals surface area contributed by atoms with Crippen molar-refractivity contribution in [3.8, 4) is 5.75 Å². The highest BCUT2D eigenvalue weighted by Crippen LogP contribution is 2.39. The van der Waals surface area contributed by atoms with Crippen LogP contribution in [-0.2, 0) is 9.47 Å². The molecule has 0 bridgehead atoms. The van der Waals surface area contributed by atoms with E-state index in [1.165, 1.54) is 23.8 Å². The number of aliphatic hydroxyl groups is 3. The van der Waals surface area contributed by atoms with E-state index in [-0.39, 0.29) is 38.0 Å². The molecule has 5 unspecified atom stereocenters. The molecular formula is C19H19Cl2NO8. The molecule has 1 aliphatic heterocycles. The van der Waals surface area contributed by atoms with Crippen LogP contribution in [0.15, 0.2) is 21.3 Å². The van der Waals surface area contributed by atoms with Gasteiger partial charge in [-0.2, -0.15) is 0 Å². The fourth-order valence-corrected chi connectivity index (χ4v) is 4.42. The third-order valence-electron chi connectivity index (χ3n) is 5.38. The second-order valence-electron chi connectivity index (χ2n) is 7.14. The number of methoxy groups -OCH3 is 1. The minimum atomic E-state index is -1.52. The summed E-state index contributed by atoms with van der Waals surface area (Å²) < 4.78 is 17.9. The first-order valence-corrected chi connectivity index (χ1v) is 9.77. The minimum Gasteiger partial charge on any atom is -0.507 e. The zero-order valence-corrected chi connectivity index (χ0v) is 17.4. The van der Waals surface area contributed by atoms with E-state index in [2.05, 4.69) is 0 Å². The van der Waals surface area contributed by atoms with Gasteiger partial charge >= 0.3 is 0 Å². The first-order chi connectivity index (χ1) is 14.2. The number of phenols is 1. The van der Waals surface area contributed by atoms with Crippen LogP contribution in [0.4, 0.5) is 0 Å². The number of nitrogens with zero attached hydrogens (tertiary/aromatic N) is 1. The van der Waals surface area contributed by atoms with Crippen molar-refractivity contribution in [2.45, 2.75) is 37.6 Å². The van der Waals surface area contributed by atoms with E-state index in [0.717, 1.165) is 0 Å². The standard InChI is InChI=1S/C19H19Cl2NO8/c1-6-3-8(20)16-11(12(6)24)13(25)7-4-10(21)22(18(7)30-16)19-15(27)14(26)17(28-2)9(5-23)29-19/h3-4,9,14-15,17,19,23-24,26-27H,5H2,1-2H3. The van der Waals surface area contributed by atoms with Gasteiger partial charge in [-0.3, -0.25) is 9.36 Å². The molecule has 11 heteroatoms. The maximum Gasteiger partial charge on any atom is 0.214 e. The zero-order valence-electron chi connectivity index (χ0n) is 15.9. The molecule has 9 nitrogen and oxygen atoms in total. The van der Waals surface area contributed by atoms with Crippen molar-refractivity contribution in [3.05, 3.63) is 38.1 Å². The van der Waals surface area contributed by atoms with E-state index in [4.69, 9.17) is 37.1 Å². The molecule has 1 aliphatic rings. The van der Waals surface area contributed by atoms with Crippen LogP contribution in [0.3, 0.4) is 0 Å². The summed E-state index contributed by atoms with van der Waals surface area (Å²) in [5.74, 6) is -0.262. The summed E-state index contributed by atoms with van der Waals surface area (Å²) in [5, 5.41) is 41.0. The number of hydrogen-bond donors (Lipinski definition) is 4. The molecule has 0 amide bonds. The van der Waals surface area contributed by atoms with Crippen molar-refractivity contribution in [2.24, 2.45) is 0 Å². The summed E-state index contributed by atoms with van der Waals surface area (Å²) in [7, 11) is 1.31. The van der Waals surface area contributed by atoms with Crippen LogP contribution in [0.25, 0.3) is 22.1 Å². The van der Waals surface area contributed by atoms with Crippen LogP contribution in [0.2, 0.25) is 10.2 Å². The Labute approximate surface area is 179 Å². The number of fused-ring (bicyclic) bond motifs is 2. The van der Waals surface area contributed by atoms with Crippen molar-refractivity contribution >= 4 is 45.3 Å². The van der Waals surface area contributed by atoms with Gasteiger partial charge in [0.2, 0.25) is 11.1 Å². The highest BCUT2D eigenvalue weighted by Gasteiger charge is 2.46. The van der Waals surface area contributed by atoms with Crippen molar-refractivity contribution in [2.75, 3.05) is 13.7 Å². The topological polar surface area (TPSA) is 135 Å². The molecule has 1 aromatic carbocycles. The molecule has 0 spiro atoms. The second kappa shape index (κ2) is 7.69. The molecule has 0 aliphatic carbocycles. The number of aryl methyl sites for hydroxylation is 1. The first-order valence-electron chi connectivity index (χ1n) is 9.01. The van der Waals surface area contributed by atoms with E-state index in [0.29, 0.717) is 5.56 Å². The molecule has 2 aromatic heterocycles. The largest absolute Gasteiger partial charge is 0.507 e. The number of benzene rings is 1. The van der Waals surface area contributed by atoms with E-state index in [1.807, 2.05) is 0 Å². The van der Waals surface area contributed by atoms with Crippen molar-refractivity contribution in [1.82, 2.24) is 4.57 Å². The molecule has 0 radical (unpaired) electrons. The van der Waals surface area contributed by atoms with E-state index >= 15 is 0 Å². The molecule has 5 atom stereocenters. The summed E-state index contributed by atoms with van der Waals surface area (Å²) in [4.78, 5) is 13.1. The quantitative estimate of drug-likeness (QED) is 0.464. The van der Waals surface area contributed by atoms with Crippen molar-refractivity contribution < 1.29 is 34.3 Å². The monoisotopic (exact) mass is 459 g/mol. The number of hydrogen-bond acceptors (Lipinski definition) is 8. The third kappa shape index (κ3) is 3.01. The molecule has 3 aromatic rings. The van der Waals surface area contributed by atoms with Gasteiger partial charge in [0.05, 0.1) is 17.0 Å². The van der Waals surface area contributed by atoms with Gasteiger partial charge in [-0.15, -0.1) is 0 Å².